The Morgan fingerprint density at radius 3 is 2.58 bits per heavy atom. The minimum absolute atomic E-state index is 0.100. The lowest BCUT2D eigenvalue weighted by Gasteiger charge is -2.35. The van der Waals surface area contributed by atoms with Crippen LogP contribution in [0.2, 0.25) is 0 Å². The number of aliphatic hydroxyl groups is 1. The maximum Gasteiger partial charge on any atom is 0.253 e. The van der Waals surface area contributed by atoms with Crippen molar-refractivity contribution in [2.75, 3.05) is 13.1 Å². The Bertz CT molecular complexity index is 1140. The van der Waals surface area contributed by atoms with Crippen LogP contribution in [0.5, 0.6) is 0 Å². The molecule has 164 valence electrons. The Kier molecular flexibility index (Phi) is 5.35. The molecule has 1 aliphatic heterocycles. The molecule has 1 saturated heterocycles. The van der Waals surface area contributed by atoms with Crippen molar-refractivity contribution in [1.29, 1.82) is 0 Å². The third-order valence-corrected chi connectivity index (χ3v) is 6.91. The number of hydrogen-bond donors (Lipinski definition) is 2. The molecule has 2 fully saturated rings. The average molecular weight is 423 g/mol. The van der Waals surface area contributed by atoms with E-state index >= 15 is 0 Å². The summed E-state index contributed by atoms with van der Waals surface area (Å²) in [6.45, 7) is 5.50. The zero-order chi connectivity index (χ0) is 21.5. The smallest absolute Gasteiger partial charge is 0.253 e. The number of nitrogens with zero attached hydrogens (tertiary/aromatic N) is 5. The van der Waals surface area contributed by atoms with Gasteiger partial charge in [-0.1, -0.05) is 24.5 Å². The number of aliphatic hydroxyl groups excluding tert-OH is 1. The second kappa shape index (κ2) is 8.16. The second-order valence-corrected chi connectivity index (χ2v) is 9.19. The first-order valence-corrected chi connectivity index (χ1v) is 11.4. The van der Waals surface area contributed by atoms with E-state index in [-0.39, 0.29) is 23.7 Å². The number of aromatic amines is 1. The van der Waals surface area contributed by atoms with Gasteiger partial charge < -0.3 is 10.1 Å². The molecule has 0 spiro atoms. The van der Waals surface area contributed by atoms with Crippen LogP contribution in [0.15, 0.2) is 23.0 Å². The number of fused-ring (bicyclic) bond motifs is 1. The number of aryl methyl sites for hydroxylation is 2. The zero-order valence-corrected chi connectivity index (χ0v) is 18.2. The third-order valence-electron chi connectivity index (χ3n) is 6.91. The maximum absolute atomic E-state index is 13.3. The minimum Gasteiger partial charge on any atom is -0.393 e. The van der Waals surface area contributed by atoms with Crippen LogP contribution in [-0.4, -0.2) is 54.4 Å². The van der Waals surface area contributed by atoms with Crippen LogP contribution < -0.4 is 5.56 Å². The number of aromatic nitrogens is 5. The number of tetrazole rings is 1. The Hall–Kier alpha value is -2.58. The topological polar surface area (TPSA) is 99.9 Å². The van der Waals surface area contributed by atoms with E-state index in [9.17, 15) is 9.90 Å². The summed E-state index contributed by atoms with van der Waals surface area (Å²) in [4.78, 5) is 18.7. The van der Waals surface area contributed by atoms with Crippen LogP contribution in [0.3, 0.4) is 0 Å². The fourth-order valence-corrected chi connectivity index (χ4v) is 5.34. The summed E-state index contributed by atoms with van der Waals surface area (Å²) in [5.41, 5.74) is 3.67. The summed E-state index contributed by atoms with van der Waals surface area (Å²) in [5, 5.41) is 23.9. The molecule has 1 atom stereocenters. The molecule has 0 unspecified atom stereocenters. The molecule has 1 aromatic carbocycles. The van der Waals surface area contributed by atoms with E-state index in [2.05, 4.69) is 44.5 Å². The number of rotatable bonds is 4. The summed E-state index contributed by atoms with van der Waals surface area (Å²) in [6, 6.07) is 6.15. The van der Waals surface area contributed by atoms with Gasteiger partial charge in [0.1, 0.15) is 6.04 Å². The molecule has 31 heavy (non-hydrogen) atoms. The number of benzene rings is 1. The zero-order valence-electron chi connectivity index (χ0n) is 18.2. The van der Waals surface area contributed by atoms with Crippen LogP contribution in [0.4, 0.5) is 0 Å². The van der Waals surface area contributed by atoms with Gasteiger partial charge in [0.05, 0.1) is 17.7 Å². The van der Waals surface area contributed by atoms with Crippen LogP contribution >= 0.6 is 0 Å². The van der Waals surface area contributed by atoms with E-state index in [1.165, 1.54) is 12.8 Å². The predicted octanol–water partition coefficient (Wildman–Crippen LogP) is 2.79. The summed E-state index contributed by atoms with van der Waals surface area (Å²) in [6.07, 6.45) is 5.57. The number of pyridine rings is 1. The van der Waals surface area contributed by atoms with E-state index < -0.39 is 0 Å². The highest BCUT2D eigenvalue weighted by atomic mass is 16.3. The van der Waals surface area contributed by atoms with Crippen molar-refractivity contribution in [1.82, 2.24) is 30.1 Å². The number of hydrogen-bond acceptors (Lipinski definition) is 6. The number of piperidine rings is 1. The van der Waals surface area contributed by atoms with Gasteiger partial charge in [-0.05, 0) is 73.0 Å². The summed E-state index contributed by atoms with van der Waals surface area (Å²) in [5.74, 6) is 0.734. The second-order valence-electron chi connectivity index (χ2n) is 9.19. The standard InChI is InChI=1S/C23H30N6O2/c1-14-11-15(2)20-16(12-14)13-19(23(31)24-20)21(28-9-7-18(30)8-10-28)22-25-26-27-29(22)17-5-3-4-6-17/h11-13,17-18,21,30H,3-10H2,1-2H3,(H,24,31)/t21-/m1/s1. The quantitative estimate of drug-likeness (QED) is 0.671. The summed E-state index contributed by atoms with van der Waals surface area (Å²) >= 11 is 0. The lowest BCUT2D eigenvalue weighted by Crippen LogP contribution is -2.42. The van der Waals surface area contributed by atoms with Crippen molar-refractivity contribution in [3.05, 3.63) is 51.1 Å². The molecule has 2 N–H and O–H groups in total. The fraction of sp³-hybridized carbons (Fsp3) is 0.565. The Morgan fingerprint density at radius 1 is 1.10 bits per heavy atom. The molecule has 8 heteroatoms. The highest BCUT2D eigenvalue weighted by molar-refractivity contribution is 5.83. The maximum atomic E-state index is 13.3. The van der Waals surface area contributed by atoms with Crippen LogP contribution in [0, 0.1) is 13.8 Å². The first-order valence-electron chi connectivity index (χ1n) is 11.4. The van der Waals surface area contributed by atoms with Crippen LogP contribution in [0.25, 0.3) is 10.9 Å². The molecular weight excluding hydrogens is 392 g/mol. The molecule has 0 radical (unpaired) electrons. The molecule has 0 amide bonds. The molecule has 3 heterocycles. The van der Waals surface area contributed by atoms with Gasteiger partial charge in [-0.15, -0.1) is 5.10 Å². The van der Waals surface area contributed by atoms with Gasteiger partial charge >= 0.3 is 0 Å². The van der Waals surface area contributed by atoms with Crippen molar-refractivity contribution in [2.24, 2.45) is 0 Å². The van der Waals surface area contributed by atoms with Gasteiger partial charge in [-0.2, -0.15) is 0 Å². The van der Waals surface area contributed by atoms with Crippen molar-refractivity contribution in [3.63, 3.8) is 0 Å². The molecular formula is C23H30N6O2. The van der Waals surface area contributed by atoms with Crippen molar-refractivity contribution in [3.8, 4) is 0 Å². The molecule has 2 aromatic heterocycles. The van der Waals surface area contributed by atoms with Gasteiger partial charge in [0.25, 0.3) is 5.56 Å². The lowest BCUT2D eigenvalue weighted by molar-refractivity contribution is 0.0654. The molecule has 2 aliphatic rings. The average Bonchev–Trinajstić information content (AvgIpc) is 3.42. The van der Waals surface area contributed by atoms with Crippen molar-refractivity contribution < 1.29 is 5.11 Å². The van der Waals surface area contributed by atoms with E-state index in [4.69, 9.17) is 0 Å². The van der Waals surface area contributed by atoms with Crippen LogP contribution in [0.1, 0.15) is 73.1 Å². The summed E-state index contributed by atoms with van der Waals surface area (Å²) in [7, 11) is 0. The number of H-pyrrole nitrogens is 1. The highest BCUT2D eigenvalue weighted by Gasteiger charge is 2.34. The van der Waals surface area contributed by atoms with Gasteiger partial charge in [-0.25, -0.2) is 4.68 Å². The highest BCUT2D eigenvalue weighted by Crippen LogP contribution is 2.35. The third kappa shape index (κ3) is 3.78. The monoisotopic (exact) mass is 422 g/mol. The lowest BCUT2D eigenvalue weighted by atomic mass is 9.98. The molecule has 5 rings (SSSR count). The Morgan fingerprint density at radius 2 is 1.84 bits per heavy atom. The van der Waals surface area contributed by atoms with Crippen molar-refractivity contribution >= 4 is 10.9 Å². The molecule has 0 bridgehead atoms. The molecule has 1 saturated carbocycles. The SMILES string of the molecule is Cc1cc(C)c2[nH]c(=O)c([C@H](c3nnnn3C3CCCC3)N3CCC(O)CC3)cc2c1. The first-order chi connectivity index (χ1) is 15.0. The van der Waals surface area contributed by atoms with Gasteiger partial charge in [0.15, 0.2) is 5.82 Å². The normalized spacial score (nSPS) is 20.0. The predicted molar refractivity (Wildman–Crippen MR) is 118 cm³/mol. The van der Waals surface area contributed by atoms with E-state index in [1.54, 1.807) is 0 Å². The molecule has 8 nitrogen and oxygen atoms in total. The fourth-order valence-electron chi connectivity index (χ4n) is 5.34. The number of nitrogens with one attached hydrogen (secondary N) is 1. The van der Waals surface area contributed by atoms with Gasteiger partial charge in [-0.3, -0.25) is 9.69 Å². The molecule has 1 aliphatic carbocycles. The van der Waals surface area contributed by atoms with Crippen LogP contribution in [-0.2, 0) is 0 Å². The van der Waals surface area contributed by atoms with Crippen molar-refractivity contribution in [2.45, 2.75) is 70.6 Å². The van der Waals surface area contributed by atoms with Gasteiger partial charge in [0, 0.05) is 18.7 Å². The molecule has 3 aromatic rings. The summed E-state index contributed by atoms with van der Waals surface area (Å²) < 4.78 is 1.95. The minimum atomic E-state index is -0.336. The Balaban J connectivity index is 1.66. The van der Waals surface area contributed by atoms with E-state index in [1.807, 2.05) is 17.7 Å². The first kappa shape index (κ1) is 20.3. The largest absolute Gasteiger partial charge is 0.393 e. The van der Waals surface area contributed by atoms with E-state index in [0.717, 1.165) is 40.7 Å². The van der Waals surface area contributed by atoms with E-state index in [0.29, 0.717) is 31.5 Å². The van der Waals surface area contributed by atoms with Gasteiger partial charge in [0.2, 0.25) is 0 Å². The Labute approximate surface area is 181 Å². The number of likely N-dealkylation sites (tertiary alicyclic amines) is 1.